The molecule has 5 aromatic rings. The largest absolute Gasteiger partial charge is 0.455 e. The average molecular weight is 508 g/mol. The summed E-state index contributed by atoms with van der Waals surface area (Å²) < 4.78 is 53.3. The summed E-state index contributed by atoms with van der Waals surface area (Å²) in [7, 11) is 0. The van der Waals surface area contributed by atoms with Crippen LogP contribution in [-0.2, 0) is 0 Å². The summed E-state index contributed by atoms with van der Waals surface area (Å²) in [6.07, 6.45) is 2.43. The minimum atomic E-state index is -1.24. The van der Waals surface area contributed by atoms with Crippen molar-refractivity contribution in [2.24, 2.45) is 0 Å². The van der Waals surface area contributed by atoms with E-state index in [9.17, 15) is 22.8 Å². The van der Waals surface area contributed by atoms with Crippen LogP contribution in [0.15, 0.2) is 61.3 Å². The molecule has 0 saturated carbocycles. The molecule has 0 unspecified atom stereocenters. The fourth-order valence-corrected chi connectivity index (χ4v) is 4.25. The van der Waals surface area contributed by atoms with Crippen LogP contribution in [0.1, 0.15) is 29.7 Å². The Bertz CT molecular complexity index is 1790. The van der Waals surface area contributed by atoms with Crippen LogP contribution in [0.5, 0.6) is 0 Å². The number of aryl methyl sites for hydroxylation is 1. The van der Waals surface area contributed by atoms with Gasteiger partial charge in [-0.05, 0) is 50.6 Å². The van der Waals surface area contributed by atoms with E-state index in [4.69, 9.17) is 4.42 Å². The van der Waals surface area contributed by atoms with E-state index in [1.54, 1.807) is 32.9 Å². The van der Waals surface area contributed by atoms with E-state index in [0.717, 1.165) is 17.8 Å². The predicted octanol–water partition coefficient (Wildman–Crippen LogP) is 5.41. The fraction of sp³-hybridized carbons (Fsp3) is 0.154. The highest BCUT2D eigenvalue weighted by molar-refractivity contribution is 5.85. The normalized spacial score (nSPS) is 12.2. The first kappa shape index (κ1) is 24.0. The Labute approximate surface area is 206 Å². The van der Waals surface area contributed by atoms with Gasteiger partial charge in [-0.1, -0.05) is 11.2 Å². The topological polar surface area (TPSA) is 114 Å². The number of nitrogens with one attached hydrogen (secondary N) is 2. The number of benzene rings is 2. The van der Waals surface area contributed by atoms with Crippen LogP contribution in [0.25, 0.3) is 33.7 Å². The summed E-state index contributed by atoms with van der Waals surface area (Å²) in [6.45, 7) is 5.12. The second-order valence-corrected chi connectivity index (χ2v) is 8.60. The number of anilines is 1. The van der Waals surface area contributed by atoms with Crippen molar-refractivity contribution in [1.29, 1.82) is 0 Å². The summed E-state index contributed by atoms with van der Waals surface area (Å²) in [5.41, 5.74) is 1.58. The number of pyridine rings is 1. The quantitative estimate of drug-likeness (QED) is 0.327. The Morgan fingerprint density at radius 2 is 1.84 bits per heavy atom. The van der Waals surface area contributed by atoms with Gasteiger partial charge < -0.3 is 9.73 Å². The van der Waals surface area contributed by atoms with Gasteiger partial charge in [-0.2, -0.15) is 0 Å². The van der Waals surface area contributed by atoms with Gasteiger partial charge in [0.05, 0.1) is 23.2 Å². The maximum Gasteiger partial charge on any atom is 0.439 e. The van der Waals surface area contributed by atoms with Crippen LogP contribution in [-0.4, -0.2) is 15.1 Å². The second kappa shape index (κ2) is 9.08. The van der Waals surface area contributed by atoms with Crippen LogP contribution < -0.4 is 16.5 Å². The van der Waals surface area contributed by atoms with Gasteiger partial charge in [-0.25, -0.2) is 18.0 Å². The highest BCUT2D eigenvalue weighted by Gasteiger charge is 2.23. The SMILES string of the molecule is Cc1cc([C@@H](C)Nc2ccc(F)c(F)c2-c2noc(=O)[nH]2)c2oc(-c3cncc(F)c3)c(C)c(=O)c2c1. The Kier molecular flexibility index (Phi) is 5.90. The Balaban J connectivity index is 1.67. The van der Waals surface area contributed by atoms with Gasteiger partial charge in [0.2, 0.25) is 0 Å². The van der Waals surface area contributed by atoms with Gasteiger partial charge in [-0.15, -0.1) is 0 Å². The molecule has 1 atom stereocenters. The maximum atomic E-state index is 14.8. The number of halogens is 3. The van der Waals surface area contributed by atoms with E-state index in [-0.39, 0.29) is 39.4 Å². The summed E-state index contributed by atoms with van der Waals surface area (Å²) in [6, 6.07) is 6.28. The third kappa shape index (κ3) is 4.28. The van der Waals surface area contributed by atoms with Gasteiger partial charge in [0.25, 0.3) is 0 Å². The van der Waals surface area contributed by atoms with Crippen molar-refractivity contribution in [3.63, 3.8) is 0 Å². The Hall–Kier alpha value is -4.67. The molecule has 0 spiro atoms. The fourth-order valence-electron chi connectivity index (χ4n) is 4.25. The number of nitrogens with zero attached hydrogens (tertiary/aromatic N) is 2. The maximum absolute atomic E-state index is 14.8. The van der Waals surface area contributed by atoms with Gasteiger partial charge in [0.15, 0.2) is 22.9 Å². The minimum absolute atomic E-state index is 0.106. The highest BCUT2D eigenvalue weighted by Crippen LogP contribution is 2.35. The van der Waals surface area contributed by atoms with Crippen LogP contribution in [0, 0.1) is 31.3 Å². The monoisotopic (exact) mass is 508 g/mol. The molecule has 3 heterocycles. The predicted molar refractivity (Wildman–Crippen MR) is 130 cm³/mol. The molecule has 0 aliphatic carbocycles. The average Bonchev–Trinajstić information content (AvgIpc) is 3.29. The molecule has 2 aromatic carbocycles. The molecule has 5 rings (SSSR count). The number of aromatic amines is 1. The molecule has 11 heteroatoms. The number of rotatable bonds is 5. The summed E-state index contributed by atoms with van der Waals surface area (Å²) in [5, 5.41) is 6.87. The second-order valence-electron chi connectivity index (χ2n) is 8.60. The standard InChI is InChI=1S/C26H19F3N4O4/c1-11-6-16(13(3)31-19-5-4-18(28)21(29)20(19)25-32-26(35)37-33-25)24-17(7-11)22(34)12(2)23(36-24)14-8-15(27)10-30-9-14/h4-10,13,31H,1-3H3,(H,32,33,35)/t13-/m1/s1. The van der Waals surface area contributed by atoms with Crippen LogP contribution in [0.3, 0.4) is 0 Å². The van der Waals surface area contributed by atoms with Crippen molar-refractivity contribution in [1.82, 2.24) is 15.1 Å². The van der Waals surface area contributed by atoms with Crippen molar-refractivity contribution < 1.29 is 22.1 Å². The molecule has 8 nitrogen and oxygen atoms in total. The Morgan fingerprint density at radius 1 is 1.05 bits per heavy atom. The van der Waals surface area contributed by atoms with E-state index in [1.165, 1.54) is 18.3 Å². The van der Waals surface area contributed by atoms with E-state index in [0.29, 0.717) is 16.5 Å². The molecule has 188 valence electrons. The molecule has 0 aliphatic heterocycles. The number of fused-ring (bicyclic) bond motifs is 1. The van der Waals surface area contributed by atoms with Crippen LogP contribution in [0.2, 0.25) is 0 Å². The zero-order valence-corrected chi connectivity index (χ0v) is 19.8. The molecular formula is C26H19F3N4O4. The lowest BCUT2D eigenvalue weighted by Crippen LogP contribution is -2.13. The number of aromatic nitrogens is 3. The minimum Gasteiger partial charge on any atom is -0.455 e. The van der Waals surface area contributed by atoms with E-state index in [2.05, 4.69) is 25.0 Å². The van der Waals surface area contributed by atoms with Crippen molar-refractivity contribution >= 4 is 16.7 Å². The molecule has 2 N–H and O–H groups in total. The van der Waals surface area contributed by atoms with Crippen LogP contribution >= 0.6 is 0 Å². The zero-order valence-electron chi connectivity index (χ0n) is 19.8. The van der Waals surface area contributed by atoms with Gasteiger partial charge in [0, 0.05) is 28.6 Å². The lowest BCUT2D eigenvalue weighted by molar-refractivity contribution is 0.387. The third-order valence-corrected chi connectivity index (χ3v) is 5.97. The van der Waals surface area contributed by atoms with E-state index in [1.807, 2.05) is 0 Å². The zero-order chi connectivity index (χ0) is 26.4. The number of H-pyrrole nitrogens is 1. The Morgan fingerprint density at radius 3 is 2.54 bits per heavy atom. The smallest absolute Gasteiger partial charge is 0.439 e. The first-order valence-corrected chi connectivity index (χ1v) is 11.1. The number of hydrogen-bond acceptors (Lipinski definition) is 7. The van der Waals surface area contributed by atoms with Crippen molar-refractivity contribution in [2.45, 2.75) is 26.8 Å². The van der Waals surface area contributed by atoms with E-state index < -0.39 is 29.2 Å². The van der Waals surface area contributed by atoms with E-state index >= 15 is 0 Å². The lowest BCUT2D eigenvalue weighted by atomic mass is 9.98. The lowest BCUT2D eigenvalue weighted by Gasteiger charge is -2.20. The highest BCUT2D eigenvalue weighted by atomic mass is 19.2. The first-order chi connectivity index (χ1) is 17.6. The molecule has 3 aromatic heterocycles. The summed E-state index contributed by atoms with van der Waals surface area (Å²) >= 11 is 0. The van der Waals surface area contributed by atoms with Crippen molar-refractivity contribution in [3.05, 3.63) is 97.6 Å². The molecule has 0 bridgehead atoms. The molecule has 0 radical (unpaired) electrons. The molecule has 37 heavy (non-hydrogen) atoms. The summed E-state index contributed by atoms with van der Waals surface area (Å²) in [5.74, 6) is -4.04. The van der Waals surface area contributed by atoms with Crippen molar-refractivity contribution in [2.75, 3.05) is 5.32 Å². The number of hydrogen-bond donors (Lipinski definition) is 2. The molecular weight excluding hydrogens is 489 g/mol. The molecule has 0 amide bonds. The molecule has 0 saturated heterocycles. The van der Waals surface area contributed by atoms with Gasteiger partial charge in [-0.3, -0.25) is 19.3 Å². The summed E-state index contributed by atoms with van der Waals surface area (Å²) in [4.78, 5) is 30.8. The van der Waals surface area contributed by atoms with Crippen molar-refractivity contribution in [3.8, 4) is 22.7 Å². The van der Waals surface area contributed by atoms with Gasteiger partial charge >= 0.3 is 5.76 Å². The third-order valence-electron chi connectivity index (χ3n) is 5.97. The first-order valence-electron chi connectivity index (χ1n) is 11.1. The molecule has 0 fully saturated rings. The van der Waals surface area contributed by atoms with Gasteiger partial charge in [0.1, 0.15) is 17.2 Å². The molecule has 0 aliphatic rings. The van der Waals surface area contributed by atoms with Crippen LogP contribution in [0.4, 0.5) is 18.9 Å².